The Hall–Kier alpha value is -1.26. The zero-order chi connectivity index (χ0) is 10.3. The van der Waals surface area contributed by atoms with Gasteiger partial charge in [-0.1, -0.05) is 0 Å². The molecule has 0 saturated heterocycles. The molecule has 0 amide bonds. The van der Waals surface area contributed by atoms with E-state index in [0.29, 0.717) is 0 Å². The summed E-state index contributed by atoms with van der Waals surface area (Å²) in [6.45, 7) is 0. The molecule has 1 fully saturated rings. The SMILES string of the molecule is Cn1nccc1C(=O)C1(C(F)F)CC1. The highest BCUT2D eigenvalue weighted by molar-refractivity contribution is 6.01. The molecule has 1 heterocycles. The number of carbonyl (C=O) groups is 1. The van der Waals surface area contributed by atoms with E-state index >= 15 is 0 Å². The average Bonchev–Trinajstić information content (AvgIpc) is 2.84. The van der Waals surface area contributed by atoms with Gasteiger partial charge in [-0.3, -0.25) is 9.48 Å². The average molecular weight is 200 g/mol. The maximum Gasteiger partial charge on any atom is 0.251 e. The van der Waals surface area contributed by atoms with Crippen LogP contribution in [0.5, 0.6) is 0 Å². The Morgan fingerprint density at radius 3 is 2.64 bits per heavy atom. The summed E-state index contributed by atoms with van der Waals surface area (Å²) in [6, 6.07) is 1.48. The highest BCUT2D eigenvalue weighted by Gasteiger charge is 2.57. The molecule has 5 heteroatoms. The van der Waals surface area contributed by atoms with Crippen LogP contribution in [0.2, 0.25) is 0 Å². The summed E-state index contributed by atoms with van der Waals surface area (Å²) in [5, 5.41) is 3.79. The fourth-order valence-corrected chi connectivity index (χ4v) is 1.53. The first-order chi connectivity index (χ1) is 6.58. The van der Waals surface area contributed by atoms with Crippen LogP contribution in [0.4, 0.5) is 8.78 Å². The summed E-state index contributed by atoms with van der Waals surface area (Å²) >= 11 is 0. The van der Waals surface area contributed by atoms with Crippen LogP contribution in [-0.2, 0) is 7.05 Å². The second-order valence-corrected chi connectivity index (χ2v) is 3.63. The molecule has 76 valence electrons. The topological polar surface area (TPSA) is 34.9 Å². The summed E-state index contributed by atoms with van der Waals surface area (Å²) in [5.41, 5.74) is -1.14. The summed E-state index contributed by atoms with van der Waals surface area (Å²) in [5.74, 6) is -0.479. The molecule has 14 heavy (non-hydrogen) atoms. The van der Waals surface area contributed by atoms with Crippen molar-refractivity contribution in [2.75, 3.05) is 0 Å². The summed E-state index contributed by atoms with van der Waals surface area (Å²) in [7, 11) is 1.58. The summed E-state index contributed by atoms with van der Waals surface area (Å²) in [6.07, 6.45) is -0.553. The molecule has 1 aliphatic rings. The molecule has 0 atom stereocenters. The number of halogens is 2. The van der Waals surface area contributed by atoms with Crippen LogP contribution >= 0.6 is 0 Å². The van der Waals surface area contributed by atoms with Crippen LogP contribution in [-0.4, -0.2) is 22.0 Å². The quantitative estimate of drug-likeness (QED) is 0.695. The van der Waals surface area contributed by atoms with E-state index in [1.54, 1.807) is 7.05 Å². The van der Waals surface area contributed by atoms with Crippen molar-refractivity contribution in [3.63, 3.8) is 0 Å². The maximum atomic E-state index is 12.6. The Labute approximate surface area is 79.7 Å². The van der Waals surface area contributed by atoms with Gasteiger partial charge in [0.25, 0.3) is 6.43 Å². The van der Waals surface area contributed by atoms with Gasteiger partial charge in [-0.15, -0.1) is 0 Å². The van der Waals surface area contributed by atoms with E-state index < -0.39 is 17.6 Å². The maximum absolute atomic E-state index is 12.6. The first-order valence-electron chi connectivity index (χ1n) is 4.39. The Bertz CT molecular complexity index is 369. The van der Waals surface area contributed by atoms with Gasteiger partial charge in [0.05, 0.1) is 5.41 Å². The molecule has 0 aliphatic heterocycles. The summed E-state index contributed by atoms with van der Waals surface area (Å²) in [4.78, 5) is 11.7. The number of nitrogens with zero attached hydrogens (tertiary/aromatic N) is 2. The number of hydrogen-bond donors (Lipinski definition) is 0. The Morgan fingerprint density at radius 1 is 1.64 bits per heavy atom. The number of aryl methyl sites for hydroxylation is 1. The minimum atomic E-state index is -2.56. The predicted molar refractivity (Wildman–Crippen MR) is 45.2 cm³/mol. The van der Waals surface area contributed by atoms with Crippen molar-refractivity contribution in [3.05, 3.63) is 18.0 Å². The number of carbonyl (C=O) groups excluding carboxylic acids is 1. The monoisotopic (exact) mass is 200 g/mol. The molecule has 1 saturated carbocycles. The molecule has 3 nitrogen and oxygen atoms in total. The predicted octanol–water partition coefficient (Wildman–Crippen LogP) is 1.65. The lowest BCUT2D eigenvalue weighted by Gasteiger charge is -2.12. The molecule has 1 aliphatic carbocycles. The van der Waals surface area contributed by atoms with Crippen LogP contribution in [0.25, 0.3) is 0 Å². The van der Waals surface area contributed by atoms with Crippen molar-refractivity contribution in [1.82, 2.24) is 9.78 Å². The number of rotatable bonds is 3. The molecular formula is C9H10F2N2O. The minimum absolute atomic E-state index is 0.266. The van der Waals surface area contributed by atoms with E-state index in [2.05, 4.69) is 5.10 Å². The molecule has 0 aromatic carbocycles. The summed E-state index contributed by atoms with van der Waals surface area (Å²) < 4.78 is 26.5. The number of alkyl halides is 2. The Kier molecular flexibility index (Phi) is 1.90. The third-order valence-corrected chi connectivity index (χ3v) is 2.71. The van der Waals surface area contributed by atoms with Gasteiger partial charge in [0.15, 0.2) is 5.78 Å². The van der Waals surface area contributed by atoms with Gasteiger partial charge >= 0.3 is 0 Å². The van der Waals surface area contributed by atoms with Crippen LogP contribution in [0, 0.1) is 5.41 Å². The van der Waals surface area contributed by atoms with Crippen molar-refractivity contribution in [2.24, 2.45) is 12.5 Å². The number of hydrogen-bond acceptors (Lipinski definition) is 2. The fourth-order valence-electron chi connectivity index (χ4n) is 1.53. The normalized spacial score (nSPS) is 18.6. The molecule has 1 aromatic rings. The van der Waals surface area contributed by atoms with Crippen molar-refractivity contribution < 1.29 is 13.6 Å². The van der Waals surface area contributed by atoms with E-state index in [0.717, 1.165) is 0 Å². The van der Waals surface area contributed by atoms with Gasteiger partial charge in [0, 0.05) is 13.2 Å². The van der Waals surface area contributed by atoms with E-state index in [1.807, 2.05) is 0 Å². The lowest BCUT2D eigenvalue weighted by molar-refractivity contribution is 0.0464. The minimum Gasteiger partial charge on any atom is -0.292 e. The van der Waals surface area contributed by atoms with E-state index in [4.69, 9.17) is 0 Å². The third-order valence-electron chi connectivity index (χ3n) is 2.71. The molecule has 0 bridgehead atoms. The number of ketones is 1. The zero-order valence-electron chi connectivity index (χ0n) is 7.70. The van der Waals surface area contributed by atoms with Crippen molar-refractivity contribution >= 4 is 5.78 Å². The first-order valence-corrected chi connectivity index (χ1v) is 4.39. The fraction of sp³-hybridized carbons (Fsp3) is 0.556. The molecule has 0 spiro atoms. The molecule has 2 rings (SSSR count). The van der Waals surface area contributed by atoms with Gasteiger partial charge in [-0.05, 0) is 18.9 Å². The van der Waals surface area contributed by atoms with Crippen molar-refractivity contribution in [2.45, 2.75) is 19.3 Å². The standard InChI is InChI=1S/C9H10F2N2O/c1-13-6(2-5-12-13)7(14)9(3-4-9)8(10)11/h2,5,8H,3-4H2,1H3. The van der Waals surface area contributed by atoms with E-state index in [9.17, 15) is 13.6 Å². The van der Waals surface area contributed by atoms with Crippen molar-refractivity contribution in [1.29, 1.82) is 0 Å². The van der Waals surface area contributed by atoms with Gasteiger partial charge in [-0.25, -0.2) is 8.78 Å². The second kappa shape index (κ2) is 2.87. The highest BCUT2D eigenvalue weighted by Crippen LogP contribution is 2.52. The van der Waals surface area contributed by atoms with Gasteiger partial charge in [0.1, 0.15) is 5.69 Å². The van der Waals surface area contributed by atoms with E-state index in [1.165, 1.54) is 16.9 Å². The van der Waals surface area contributed by atoms with Crippen molar-refractivity contribution in [3.8, 4) is 0 Å². The van der Waals surface area contributed by atoms with Gasteiger partial charge in [-0.2, -0.15) is 5.10 Å². The van der Waals surface area contributed by atoms with Crippen LogP contribution in [0.3, 0.4) is 0 Å². The number of aromatic nitrogens is 2. The van der Waals surface area contributed by atoms with Gasteiger partial charge in [0.2, 0.25) is 0 Å². The largest absolute Gasteiger partial charge is 0.292 e. The second-order valence-electron chi connectivity index (χ2n) is 3.63. The van der Waals surface area contributed by atoms with Gasteiger partial charge < -0.3 is 0 Å². The molecule has 0 N–H and O–H groups in total. The Balaban J connectivity index is 2.30. The lowest BCUT2D eigenvalue weighted by Crippen LogP contribution is -2.26. The highest BCUT2D eigenvalue weighted by atomic mass is 19.3. The van der Waals surface area contributed by atoms with Crippen LogP contribution in [0.15, 0.2) is 12.3 Å². The van der Waals surface area contributed by atoms with Crippen LogP contribution in [0.1, 0.15) is 23.3 Å². The molecule has 1 aromatic heterocycles. The zero-order valence-corrected chi connectivity index (χ0v) is 7.70. The molecule has 0 unspecified atom stereocenters. The van der Waals surface area contributed by atoms with Crippen LogP contribution < -0.4 is 0 Å². The smallest absolute Gasteiger partial charge is 0.251 e. The third kappa shape index (κ3) is 1.15. The number of Topliss-reactive ketones (excluding diaryl/α,β-unsaturated/α-hetero) is 1. The lowest BCUT2D eigenvalue weighted by atomic mass is 9.99. The first kappa shape index (κ1) is 9.30. The molecular weight excluding hydrogens is 190 g/mol. The molecule has 0 radical (unpaired) electrons. The van der Waals surface area contributed by atoms with E-state index in [-0.39, 0.29) is 18.5 Å². The Morgan fingerprint density at radius 2 is 2.29 bits per heavy atom.